The van der Waals surface area contributed by atoms with Crippen molar-refractivity contribution in [1.29, 1.82) is 0 Å². The third-order valence-corrected chi connectivity index (χ3v) is 2.98. The molecule has 0 aromatic heterocycles. The quantitative estimate of drug-likeness (QED) is 0.556. The molecule has 1 atom stereocenters. The van der Waals surface area contributed by atoms with Crippen molar-refractivity contribution in [2.75, 3.05) is 26.2 Å². The summed E-state index contributed by atoms with van der Waals surface area (Å²) in [5.74, 6) is 0.0954. The van der Waals surface area contributed by atoms with Crippen molar-refractivity contribution in [2.45, 2.75) is 19.4 Å². The summed E-state index contributed by atoms with van der Waals surface area (Å²) in [6, 6.07) is 0. The fourth-order valence-electron chi connectivity index (χ4n) is 1.83. The van der Waals surface area contributed by atoms with Gasteiger partial charge in [0.15, 0.2) is 0 Å². The van der Waals surface area contributed by atoms with Gasteiger partial charge in [0.05, 0.1) is 6.10 Å². The zero-order chi connectivity index (χ0) is 10.1. The SMILES string of the molecule is CC(C(=O)N1CCC(O)C1)=C1CNC1. The second kappa shape index (κ2) is 3.71. The maximum absolute atomic E-state index is 11.9. The van der Waals surface area contributed by atoms with E-state index in [0.717, 1.165) is 18.7 Å². The molecule has 0 saturated carbocycles. The van der Waals surface area contributed by atoms with E-state index in [9.17, 15) is 9.90 Å². The number of aliphatic hydroxyl groups is 1. The number of amides is 1. The first-order valence-corrected chi connectivity index (χ1v) is 5.05. The van der Waals surface area contributed by atoms with Gasteiger partial charge in [-0.1, -0.05) is 0 Å². The topological polar surface area (TPSA) is 52.6 Å². The van der Waals surface area contributed by atoms with E-state index in [1.54, 1.807) is 4.90 Å². The first-order chi connectivity index (χ1) is 6.68. The van der Waals surface area contributed by atoms with Gasteiger partial charge < -0.3 is 15.3 Å². The molecule has 2 saturated heterocycles. The van der Waals surface area contributed by atoms with E-state index in [1.807, 2.05) is 6.92 Å². The lowest BCUT2D eigenvalue weighted by Crippen LogP contribution is -2.38. The minimum absolute atomic E-state index is 0.0954. The molecule has 0 radical (unpaired) electrons. The molecule has 2 aliphatic heterocycles. The van der Waals surface area contributed by atoms with Gasteiger partial charge in [-0.25, -0.2) is 0 Å². The Bertz CT molecular complexity index is 280. The number of likely N-dealkylation sites (tertiary alicyclic amines) is 1. The number of nitrogens with zero attached hydrogens (tertiary/aromatic N) is 1. The van der Waals surface area contributed by atoms with E-state index in [1.165, 1.54) is 5.57 Å². The lowest BCUT2D eigenvalue weighted by molar-refractivity contribution is -0.126. The molecule has 1 amide bonds. The van der Waals surface area contributed by atoms with Crippen LogP contribution < -0.4 is 5.32 Å². The molecule has 0 bridgehead atoms. The van der Waals surface area contributed by atoms with Gasteiger partial charge in [-0.15, -0.1) is 0 Å². The van der Waals surface area contributed by atoms with Crippen molar-refractivity contribution >= 4 is 5.91 Å². The Morgan fingerprint density at radius 2 is 2.29 bits per heavy atom. The van der Waals surface area contributed by atoms with Crippen molar-refractivity contribution in [1.82, 2.24) is 10.2 Å². The van der Waals surface area contributed by atoms with Gasteiger partial charge >= 0.3 is 0 Å². The molecule has 0 aromatic rings. The van der Waals surface area contributed by atoms with Gasteiger partial charge in [-0.05, 0) is 18.9 Å². The van der Waals surface area contributed by atoms with Gasteiger partial charge in [-0.2, -0.15) is 0 Å². The Morgan fingerprint density at radius 1 is 1.57 bits per heavy atom. The van der Waals surface area contributed by atoms with Crippen LogP contribution in [-0.2, 0) is 4.79 Å². The van der Waals surface area contributed by atoms with Gasteiger partial charge in [-0.3, -0.25) is 4.79 Å². The Morgan fingerprint density at radius 3 is 2.71 bits per heavy atom. The maximum atomic E-state index is 11.9. The molecule has 1 unspecified atom stereocenters. The molecule has 2 aliphatic rings. The van der Waals surface area contributed by atoms with Crippen LogP contribution in [0.5, 0.6) is 0 Å². The summed E-state index contributed by atoms with van der Waals surface area (Å²) < 4.78 is 0. The van der Waals surface area contributed by atoms with E-state index in [2.05, 4.69) is 5.32 Å². The van der Waals surface area contributed by atoms with Crippen LogP contribution in [0.15, 0.2) is 11.1 Å². The minimum atomic E-state index is -0.323. The zero-order valence-corrected chi connectivity index (χ0v) is 8.42. The largest absolute Gasteiger partial charge is 0.391 e. The number of carbonyl (C=O) groups is 1. The fraction of sp³-hybridized carbons (Fsp3) is 0.700. The fourth-order valence-corrected chi connectivity index (χ4v) is 1.83. The van der Waals surface area contributed by atoms with Crippen molar-refractivity contribution in [3.8, 4) is 0 Å². The van der Waals surface area contributed by atoms with Crippen LogP contribution >= 0.6 is 0 Å². The first-order valence-electron chi connectivity index (χ1n) is 5.05. The minimum Gasteiger partial charge on any atom is -0.391 e. The number of β-amino-alcohol motifs (C(OH)–C–C–N with tert-alkyl or cyclic N) is 1. The standard InChI is InChI=1S/C10H16N2O2/c1-7(8-4-11-5-8)10(14)12-3-2-9(13)6-12/h9,11,13H,2-6H2,1H3. The molecule has 4 nitrogen and oxygen atoms in total. The van der Waals surface area contributed by atoms with Crippen LogP contribution in [0.1, 0.15) is 13.3 Å². The van der Waals surface area contributed by atoms with Crippen LogP contribution in [0.2, 0.25) is 0 Å². The predicted octanol–water partition coefficient (Wildman–Crippen LogP) is -0.501. The first kappa shape index (κ1) is 9.68. The highest BCUT2D eigenvalue weighted by Crippen LogP contribution is 2.16. The van der Waals surface area contributed by atoms with E-state index in [4.69, 9.17) is 0 Å². The highest BCUT2D eigenvalue weighted by atomic mass is 16.3. The van der Waals surface area contributed by atoms with Crippen LogP contribution in [0.4, 0.5) is 0 Å². The van der Waals surface area contributed by atoms with Crippen molar-refractivity contribution in [3.05, 3.63) is 11.1 Å². The average Bonchev–Trinajstić information content (AvgIpc) is 2.47. The van der Waals surface area contributed by atoms with E-state index >= 15 is 0 Å². The normalized spacial score (nSPS) is 26.3. The van der Waals surface area contributed by atoms with Crippen molar-refractivity contribution in [2.24, 2.45) is 0 Å². The van der Waals surface area contributed by atoms with E-state index < -0.39 is 0 Å². The van der Waals surface area contributed by atoms with Crippen LogP contribution in [0, 0.1) is 0 Å². The number of nitrogens with one attached hydrogen (secondary N) is 1. The Labute approximate surface area is 83.6 Å². The molecule has 78 valence electrons. The molecule has 0 spiro atoms. The summed E-state index contributed by atoms with van der Waals surface area (Å²) in [5.41, 5.74) is 2.06. The summed E-state index contributed by atoms with van der Waals surface area (Å²) in [6.45, 7) is 4.75. The van der Waals surface area contributed by atoms with Crippen molar-refractivity contribution in [3.63, 3.8) is 0 Å². The summed E-state index contributed by atoms with van der Waals surface area (Å²) in [6.07, 6.45) is 0.392. The Balaban J connectivity index is 2.01. The molecular formula is C10H16N2O2. The summed E-state index contributed by atoms with van der Waals surface area (Å²) >= 11 is 0. The van der Waals surface area contributed by atoms with Crippen LogP contribution in [-0.4, -0.2) is 48.2 Å². The molecule has 2 N–H and O–H groups in total. The van der Waals surface area contributed by atoms with Gasteiger partial charge in [0, 0.05) is 31.8 Å². The maximum Gasteiger partial charge on any atom is 0.249 e. The molecule has 2 fully saturated rings. The van der Waals surface area contributed by atoms with Crippen molar-refractivity contribution < 1.29 is 9.90 Å². The van der Waals surface area contributed by atoms with Crippen LogP contribution in [0.25, 0.3) is 0 Å². The number of hydrogen-bond donors (Lipinski definition) is 2. The molecule has 14 heavy (non-hydrogen) atoms. The molecule has 2 heterocycles. The molecule has 0 aliphatic carbocycles. The van der Waals surface area contributed by atoms with Gasteiger partial charge in [0.2, 0.25) is 5.91 Å². The molecule has 2 rings (SSSR count). The third kappa shape index (κ3) is 1.67. The zero-order valence-electron chi connectivity index (χ0n) is 8.42. The third-order valence-electron chi connectivity index (χ3n) is 2.98. The van der Waals surface area contributed by atoms with E-state index in [-0.39, 0.29) is 12.0 Å². The number of aliphatic hydroxyl groups excluding tert-OH is 1. The number of hydrogen-bond acceptors (Lipinski definition) is 3. The summed E-state index contributed by atoms with van der Waals surface area (Å²) in [7, 11) is 0. The molecule has 4 heteroatoms. The van der Waals surface area contributed by atoms with Crippen LogP contribution in [0.3, 0.4) is 0 Å². The van der Waals surface area contributed by atoms with Gasteiger partial charge in [0.25, 0.3) is 0 Å². The molecular weight excluding hydrogens is 180 g/mol. The highest BCUT2D eigenvalue weighted by molar-refractivity contribution is 5.94. The Kier molecular flexibility index (Phi) is 2.56. The predicted molar refractivity (Wildman–Crippen MR) is 52.8 cm³/mol. The number of carbonyl (C=O) groups excluding carboxylic acids is 1. The number of rotatable bonds is 1. The smallest absolute Gasteiger partial charge is 0.249 e. The Hall–Kier alpha value is -0.870. The summed E-state index contributed by atoms with van der Waals surface area (Å²) in [4.78, 5) is 13.6. The second-order valence-corrected chi connectivity index (χ2v) is 4.03. The molecule has 0 aromatic carbocycles. The monoisotopic (exact) mass is 196 g/mol. The average molecular weight is 196 g/mol. The lowest BCUT2D eigenvalue weighted by Gasteiger charge is -2.24. The summed E-state index contributed by atoms with van der Waals surface area (Å²) in [5, 5.41) is 12.4. The van der Waals surface area contributed by atoms with E-state index in [0.29, 0.717) is 19.5 Å². The van der Waals surface area contributed by atoms with Gasteiger partial charge in [0.1, 0.15) is 0 Å². The second-order valence-electron chi connectivity index (χ2n) is 4.03. The lowest BCUT2D eigenvalue weighted by atomic mass is 10.0. The highest BCUT2D eigenvalue weighted by Gasteiger charge is 2.27.